The predicted octanol–water partition coefficient (Wildman–Crippen LogP) is 6.61. The van der Waals surface area contributed by atoms with Crippen LogP contribution < -0.4 is 0 Å². The summed E-state index contributed by atoms with van der Waals surface area (Å²) in [5.74, 6) is 1.23. The van der Waals surface area contributed by atoms with Crippen LogP contribution in [-0.4, -0.2) is 23.4 Å². The fourth-order valence-corrected chi connectivity index (χ4v) is 4.97. The lowest BCUT2D eigenvalue weighted by Gasteiger charge is -2.48. The molecule has 3 nitrogen and oxygen atoms in total. The Balaban J connectivity index is 0.000000396. The molecule has 0 spiro atoms. The lowest BCUT2D eigenvalue weighted by atomic mass is 9.55. The molecular formula is C27H36O3. The van der Waals surface area contributed by atoms with Crippen molar-refractivity contribution in [1.82, 2.24) is 0 Å². The molecule has 0 amide bonds. The van der Waals surface area contributed by atoms with Crippen molar-refractivity contribution in [1.29, 1.82) is 0 Å². The molecule has 1 fully saturated rings. The first kappa shape index (κ1) is 23.8. The minimum Gasteiger partial charge on any atom is -0.508 e. The van der Waals surface area contributed by atoms with E-state index in [4.69, 9.17) is 4.74 Å². The van der Waals surface area contributed by atoms with E-state index in [0.29, 0.717) is 30.6 Å². The van der Waals surface area contributed by atoms with Gasteiger partial charge in [-0.25, -0.2) is 0 Å². The summed E-state index contributed by atoms with van der Waals surface area (Å²) in [4.78, 5) is 0. The van der Waals surface area contributed by atoms with Crippen LogP contribution in [0.2, 0.25) is 0 Å². The van der Waals surface area contributed by atoms with Gasteiger partial charge < -0.3 is 14.9 Å². The molecular weight excluding hydrogens is 372 g/mol. The summed E-state index contributed by atoms with van der Waals surface area (Å²) < 4.78 is 4.90. The average molecular weight is 409 g/mol. The highest BCUT2D eigenvalue weighted by molar-refractivity contribution is 5.44. The van der Waals surface area contributed by atoms with E-state index in [1.165, 1.54) is 17.5 Å². The first-order valence-electron chi connectivity index (χ1n) is 10.6. The molecule has 0 aromatic heterocycles. The standard InChI is InChI=1S/C21H26O2.C6H10O/c1-15-12-20(2,3)14-21(13-15,16-4-8-18(22)9-5-16)17-6-10-19(23)11-7-17;1-3-5-7-6-4-2/h4-11,15,22-23H,12-14H2,1-3H3;3-4H,1-2,5-6H2. The highest BCUT2D eigenvalue weighted by atomic mass is 16.5. The number of hydrogen-bond donors (Lipinski definition) is 2. The van der Waals surface area contributed by atoms with Gasteiger partial charge in [-0.15, -0.1) is 13.2 Å². The largest absolute Gasteiger partial charge is 0.508 e. The molecule has 0 aliphatic heterocycles. The lowest BCUT2D eigenvalue weighted by molar-refractivity contribution is 0.127. The summed E-state index contributed by atoms with van der Waals surface area (Å²) in [5, 5.41) is 19.3. The van der Waals surface area contributed by atoms with Crippen LogP contribution in [0.3, 0.4) is 0 Å². The van der Waals surface area contributed by atoms with E-state index >= 15 is 0 Å². The van der Waals surface area contributed by atoms with Crippen molar-refractivity contribution in [2.75, 3.05) is 13.2 Å². The van der Waals surface area contributed by atoms with E-state index in [-0.39, 0.29) is 10.8 Å². The Morgan fingerprint density at radius 1 is 0.867 bits per heavy atom. The van der Waals surface area contributed by atoms with Gasteiger partial charge in [0.25, 0.3) is 0 Å². The van der Waals surface area contributed by atoms with Crippen LogP contribution in [0.5, 0.6) is 11.5 Å². The molecule has 1 saturated carbocycles. The van der Waals surface area contributed by atoms with Gasteiger partial charge in [0.1, 0.15) is 11.5 Å². The van der Waals surface area contributed by atoms with Crippen molar-refractivity contribution in [3.05, 3.63) is 85.0 Å². The van der Waals surface area contributed by atoms with Crippen LogP contribution in [-0.2, 0) is 10.2 Å². The van der Waals surface area contributed by atoms with Crippen molar-refractivity contribution < 1.29 is 14.9 Å². The van der Waals surface area contributed by atoms with Crippen LogP contribution in [0.4, 0.5) is 0 Å². The van der Waals surface area contributed by atoms with E-state index in [2.05, 4.69) is 58.2 Å². The predicted molar refractivity (Wildman–Crippen MR) is 125 cm³/mol. The maximum atomic E-state index is 9.67. The van der Waals surface area contributed by atoms with Gasteiger partial charge in [0, 0.05) is 5.41 Å². The quantitative estimate of drug-likeness (QED) is 0.418. The van der Waals surface area contributed by atoms with E-state index in [9.17, 15) is 10.2 Å². The SMILES string of the molecule is C=CCOCC=C.CC1CC(C)(C)CC(c2ccc(O)cc2)(c2ccc(O)cc2)C1. The van der Waals surface area contributed by atoms with Gasteiger partial charge in [-0.3, -0.25) is 0 Å². The second-order valence-corrected chi connectivity index (χ2v) is 9.15. The van der Waals surface area contributed by atoms with Gasteiger partial charge in [-0.1, -0.05) is 57.2 Å². The number of ether oxygens (including phenoxy) is 1. The molecule has 0 heterocycles. The topological polar surface area (TPSA) is 49.7 Å². The van der Waals surface area contributed by atoms with Crippen LogP contribution in [0.1, 0.15) is 51.2 Å². The van der Waals surface area contributed by atoms with Crippen molar-refractivity contribution in [2.24, 2.45) is 11.3 Å². The number of phenols is 2. The maximum absolute atomic E-state index is 9.67. The second-order valence-electron chi connectivity index (χ2n) is 9.15. The maximum Gasteiger partial charge on any atom is 0.115 e. The van der Waals surface area contributed by atoms with Gasteiger partial charge in [0.05, 0.1) is 13.2 Å². The molecule has 30 heavy (non-hydrogen) atoms. The van der Waals surface area contributed by atoms with Crippen LogP contribution in [0, 0.1) is 11.3 Å². The molecule has 1 aliphatic rings. The molecule has 0 bridgehead atoms. The van der Waals surface area contributed by atoms with E-state index < -0.39 is 0 Å². The van der Waals surface area contributed by atoms with Gasteiger partial charge in [-0.05, 0) is 66.0 Å². The molecule has 1 atom stereocenters. The fourth-order valence-electron chi connectivity index (χ4n) is 4.97. The Morgan fingerprint density at radius 3 is 1.67 bits per heavy atom. The van der Waals surface area contributed by atoms with Crippen molar-refractivity contribution in [3.63, 3.8) is 0 Å². The highest BCUT2D eigenvalue weighted by Gasteiger charge is 2.45. The monoisotopic (exact) mass is 408 g/mol. The van der Waals surface area contributed by atoms with E-state index in [1.807, 2.05) is 0 Å². The summed E-state index contributed by atoms with van der Waals surface area (Å²) in [6.07, 6.45) is 6.81. The molecule has 1 aliphatic carbocycles. The molecule has 1 unspecified atom stereocenters. The van der Waals surface area contributed by atoms with Crippen LogP contribution >= 0.6 is 0 Å². The molecule has 2 aromatic rings. The lowest BCUT2D eigenvalue weighted by Crippen LogP contribution is -2.41. The molecule has 2 N–H and O–H groups in total. The molecule has 0 radical (unpaired) electrons. The summed E-state index contributed by atoms with van der Waals surface area (Å²) in [6, 6.07) is 15.3. The summed E-state index contributed by atoms with van der Waals surface area (Å²) in [6.45, 7) is 15.2. The molecule has 3 heteroatoms. The Morgan fingerprint density at radius 2 is 1.30 bits per heavy atom. The average Bonchev–Trinajstić information content (AvgIpc) is 2.68. The first-order valence-corrected chi connectivity index (χ1v) is 10.6. The minimum atomic E-state index is -0.0669. The van der Waals surface area contributed by atoms with E-state index in [0.717, 1.165) is 12.8 Å². The third kappa shape index (κ3) is 6.24. The zero-order valence-corrected chi connectivity index (χ0v) is 18.6. The summed E-state index contributed by atoms with van der Waals surface area (Å²) in [5.41, 5.74) is 2.69. The van der Waals surface area contributed by atoms with Gasteiger partial charge >= 0.3 is 0 Å². The zero-order chi connectivity index (χ0) is 22.2. The second kappa shape index (κ2) is 10.5. The number of rotatable bonds is 6. The first-order chi connectivity index (χ1) is 14.2. The smallest absolute Gasteiger partial charge is 0.115 e. The van der Waals surface area contributed by atoms with Crippen LogP contribution in [0.25, 0.3) is 0 Å². The Labute approximate surface area is 181 Å². The fraction of sp³-hybridized carbons (Fsp3) is 0.407. The van der Waals surface area contributed by atoms with E-state index in [1.54, 1.807) is 36.4 Å². The van der Waals surface area contributed by atoms with Crippen LogP contribution in [0.15, 0.2) is 73.8 Å². The Bertz CT molecular complexity index is 750. The third-order valence-electron chi connectivity index (χ3n) is 5.69. The number of phenolic OH excluding ortho intramolecular Hbond substituents is 2. The molecule has 0 saturated heterocycles. The Kier molecular flexibility index (Phi) is 8.31. The third-order valence-corrected chi connectivity index (χ3v) is 5.69. The zero-order valence-electron chi connectivity index (χ0n) is 18.6. The van der Waals surface area contributed by atoms with Crippen molar-refractivity contribution >= 4 is 0 Å². The molecule has 3 rings (SSSR count). The molecule has 2 aromatic carbocycles. The number of hydrogen-bond acceptors (Lipinski definition) is 3. The van der Waals surface area contributed by atoms with Gasteiger partial charge in [0.15, 0.2) is 0 Å². The Hall–Kier alpha value is -2.52. The number of aromatic hydroxyl groups is 2. The highest BCUT2D eigenvalue weighted by Crippen LogP contribution is 2.53. The van der Waals surface area contributed by atoms with Gasteiger partial charge in [0.2, 0.25) is 0 Å². The minimum absolute atomic E-state index is 0.0669. The summed E-state index contributed by atoms with van der Waals surface area (Å²) in [7, 11) is 0. The van der Waals surface area contributed by atoms with Crippen molar-refractivity contribution in [3.8, 4) is 11.5 Å². The molecule has 162 valence electrons. The normalized spacial score (nSPS) is 19.2. The number of benzene rings is 2. The van der Waals surface area contributed by atoms with Crippen molar-refractivity contribution in [2.45, 2.75) is 45.4 Å². The summed E-state index contributed by atoms with van der Waals surface area (Å²) >= 11 is 0. The van der Waals surface area contributed by atoms with Gasteiger partial charge in [-0.2, -0.15) is 0 Å².